The number of aromatic amines is 2. The van der Waals surface area contributed by atoms with Crippen LogP contribution in [0.4, 0.5) is 0 Å². The number of nitrogens with zero attached hydrogens (tertiary/aromatic N) is 4. The molecule has 3 aromatic rings. The van der Waals surface area contributed by atoms with Crippen LogP contribution >= 0.6 is 0 Å². The first-order valence-electron chi connectivity index (χ1n) is 8.04. The second-order valence-electron chi connectivity index (χ2n) is 6.10. The van der Waals surface area contributed by atoms with Crippen molar-refractivity contribution in [2.75, 3.05) is 13.1 Å². The van der Waals surface area contributed by atoms with E-state index >= 15 is 0 Å². The molecule has 0 saturated carbocycles. The number of aromatic nitrogens is 5. The van der Waals surface area contributed by atoms with Crippen LogP contribution in [-0.2, 0) is 6.54 Å². The van der Waals surface area contributed by atoms with Crippen LogP contribution < -0.4 is 0 Å². The van der Waals surface area contributed by atoms with Crippen molar-refractivity contribution in [3.63, 3.8) is 0 Å². The zero-order chi connectivity index (χ0) is 15.5. The smallest absolute Gasteiger partial charge is 0.0710 e. The molecule has 0 aromatic carbocycles. The second-order valence-corrected chi connectivity index (χ2v) is 6.10. The van der Waals surface area contributed by atoms with E-state index in [1.54, 1.807) is 6.20 Å². The molecule has 1 unspecified atom stereocenters. The van der Waals surface area contributed by atoms with Gasteiger partial charge in [0.2, 0.25) is 0 Å². The van der Waals surface area contributed by atoms with Gasteiger partial charge in [-0.3, -0.25) is 20.1 Å². The first kappa shape index (κ1) is 14.1. The van der Waals surface area contributed by atoms with Gasteiger partial charge < -0.3 is 0 Å². The summed E-state index contributed by atoms with van der Waals surface area (Å²) in [6, 6.07) is 6.11. The number of likely N-dealkylation sites (tertiary alicyclic amines) is 1. The number of rotatable bonds is 4. The van der Waals surface area contributed by atoms with E-state index in [0.29, 0.717) is 5.92 Å². The van der Waals surface area contributed by atoms with Crippen LogP contribution in [0.15, 0.2) is 43.0 Å². The van der Waals surface area contributed by atoms with Gasteiger partial charge in [0.15, 0.2) is 0 Å². The zero-order valence-corrected chi connectivity index (χ0v) is 12.9. The average Bonchev–Trinajstić information content (AvgIpc) is 3.28. The SMILES string of the molecule is c1cncc(-c2[nH]ncc2CN2CCCC(c3ccn[nH]3)C2)c1. The molecule has 4 rings (SSSR count). The lowest BCUT2D eigenvalue weighted by atomic mass is 9.94. The molecule has 1 aliphatic rings. The van der Waals surface area contributed by atoms with Crippen molar-refractivity contribution >= 4 is 0 Å². The molecule has 6 heteroatoms. The summed E-state index contributed by atoms with van der Waals surface area (Å²) in [6.07, 6.45) is 9.87. The van der Waals surface area contributed by atoms with Gasteiger partial charge in [-0.15, -0.1) is 0 Å². The van der Waals surface area contributed by atoms with Crippen molar-refractivity contribution in [1.82, 2.24) is 30.3 Å². The molecular weight excluding hydrogens is 288 g/mol. The monoisotopic (exact) mass is 308 g/mol. The molecule has 1 atom stereocenters. The highest BCUT2D eigenvalue weighted by Gasteiger charge is 2.23. The number of hydrogen-bond acceptors (Lipinski definition) is 4. The minimum Gasteiger partial charge on any atom is -0.298 e. The normalized spacial score (nSPS) is 19.0. The van der Waals surface area contributed by atoms with Crippen LogP contribution in [0.1, 0.15) is 30.0 Å². The van der Waals surface area contributed by atoms with Crippen molar-refractivity contribution in [3.8, 4) is 11.3 Å². The standard InChI is InChI=1S/C17H20N6/c1-3-13(9-18-6-1)17-15(10-20-22-17)12-23-8-2-4-14(11-23)16-5-7-19-21-16/h1,3,5-7,9-10,14H,2,4,8,11-12H2,(H,19,21)(H,20,22). The molecule has 118 valence electrons. The summed E-state index contributed by atoms with van der Waals surface area (Å²) in [5.41, 5.74) is 4.63. The Balaban J connectivity index is 1.49. The summed E-state index contributed by atoms with van der Waals surface area (Å²) in [5, 5.41) is 14.6. The van der Waals surface area contributed by atoms with Crippen molar-refractivity contribution in [2.24, 2.45) is 0 Å². The van der Waals surface area contributed by atoms with Gasteiger partial charge in [-0.2, -0.15) is 10.2 Å². The van der Waals surface area contributed by atoms with Crippen LogP contribution in [0, 0.1) is 0 Å². The van der Waals surface area contributed by atoms with E-state index in [1.165, 1.54) is 24.1 Å². The van der Waals surface area contributed by atoms with E-state index in [9.17, 15) is 0 Å². The van der Waals surface area contributed by atoms with E-state index in [-0.39, 0.29) is 0 Å². The van der Waals surface area contributed by atoms with Crippen LogP contribution in [0.25, 0.3) is 11.3 Å². The Morgan fingerprint density at radius 1 is 1.13 bits per heavy atom. The number of pyridine rings is 1. The van der Waals surface area contributed by atoms with Crippen molar-refractivity contribution in [3.05, 3.63) is 54.2 Å². The van der Waals surface area contributed by atoms with E-state index in [1.807, 2.05) is 24.7 Å². The van der Waals surface area contributed by atoms with Crippen LogP contribution in [0.5, 0.6) is 0 Å². The maximum atomic E-state index is 4.24. The Morgan fingerprint density at radius 2 is 2.13 bits per heavy atom. The van der Waals surface area contributed by atoms with Gasteiger partial charge in [-0.1, -0.05) is 0 Å². The molecule has 0 aliphatic carbocycles. The summed E-state index contributed by atoms with van der Waals surface area (Å²) in [4.78, 5) is 6.70. The number of nitrogens with one attached hydrogen (secondary N) is 2. The number of H-pyrrole nitrogens is 2. The summed E-state index contributed by atoms with van der Waals surface area (Å²) in [7, 11) is 0. The zero-order valence-electron chi connectivity index (χ0n) is 12.9. The van der Waals surface area contributed by atoms with Gasteiger partial charge in [-0.25, -0.2) is 0 Å². The Bertz CT molecular complexity index is 734. The van der Waals surface area contributed by atoms with Gasteiger partial charge in [0.25, 0.3) is 0 Å². The van der Waals surface area contributed by atoms with E-state index in [0.717, 1.165) is 30.9 Å². The minimum absolute atomic E-state index is 0.542. The first-order valence-corrected chi connectivity index (χ1v) is 8.04. The molecule has 2 N–H and O–H groups in total. The lowest BCUT2D eigenvalue weighted by Gasteiger charge is -2.32. The second kappa shape index (κ2) is 6.34. The fraction of sp³-hybridized carbons (Fsp3) is 0.353. The predicted molar refractivity (Wildman–Crippen MR) is 87.7 cm³/mol. The lowest BCUT2D eigenvalue weighted by molar-refractivity contribution is 0.198. The van der Waals surface area contributed by atoms with E-state index in [4.69, 9.17) is 0 Å². The summed E-state index contributed by atoms with van der Waals surface area (Å²) in [6.45, 7) is 3.09. The molecule has 6 nitrogen and oxygen atoms in total. The summed E-state index contributed by atoms with van der Waals surface area (Å²) < 4.78 is 0. The molecule has 0 amide bonds. The maximum Gasteiger partial charge on any atom is 0.0710 e. The fourth-order valence-electron chi connectivity index (χ4n) is 3.38. The minimum atomic E-state index is 0.542. The molecule has 1 fully saturated rings. The van der Waals surface area contributed by atoms with Crippen LogP contribution in [0.3, 0.4) is 0 Å². The van der Waals surface area contributed by atoms with Crippen molar-refractivity contribution < 1.29 is 0 Å². The van der Waals surface area contributed by atoms with Gasteiger partial charge >= 0.3 is 0 Å². The highest BCUT2D eigenvalue weighted by atomic mass is 15.2. The van der Waals surface area contributed by atoms with Gasteiger partial charge in [0.1, 0.15) is 0 Å². The molecule has 1 aliphatic heterocycles. The predicted octanol–water partition coefficient (Wildman–Crippen LogP) is 2.57. The van der Waals surface area contributed by atoms with Gasteiger partial charge in [0, 0.05) is 54.4 Å². The van der Waals surface area contributed by atoms with Gasteiger partial charge in [-0.05, 0) is 37.6 Å². The fourth-order valence-corrected chi connectivity index (χ4v) is 3.38. The molecule has 4 heterocycles. The Hall–Kier alpha value is -2.47. The lowest BCUT2D eigenvalue weighted by Crippen LogP contribution is -2.34. The molecule has 0 radical (unpaired) electrons. The largest absolute Gasteiger partial charge is 0.298 e. The third-order valence-corrected chi connectivity index (χ3v) is 4.53. The topological polar surface area (TPSA) is 73.5 Å². The quantitative estimate of drug-likeness (QED) is 0.777. The van der Waals surface area contributed by atoms with Crippen molar-refractivity contribution in [1.29, 1.82) is 0 Å². The molecule has 0 spiro atoms. The maximum absolute atomic E-state index is 4.24. The third-order valence-electron chi connectivity index (χ3n) is 4.53. The Kier molecular flexibility index (Phi) is 3.90. The van der Waals surface area contributed by atoms with Gasteiger partial charge in [0.05, 0.1) is 11.9 Å². The first-order chi connectivity index (χ1) is 11.4. The number of hydrogen-bond donors (Lipinski definition) is 2. The van der Waals surface area contributed by atoms with Crippen LogP contribution in [-0.4, -0.2) is 43.4 Å². The van der Waals surface area contributed by atoms with E-state index in [2.05, 4.69) is 42.4 Å². The molecule has 0 bridgehead atoms. The summed E-state index contributed by atoms with van der Waals surface area (Å²) >= 11 is 0. The van der Waals surface area contributed by atoms with Crippen molar-refractivity contribution in [2.45, 2.75) is 25.3 Å². The molecule has 3 aromatic heterocycles. The highest BCUT2D eigenvalue weighted by Crippen LogP contribution is 2.28. The highest BCUT2D eigenvalue weighted by molar-refractivity contribution is 5.61. The number of piperidine rings is 1. The molecular formula is C17H20N6. The van der Waals surface area contributed by atoms with Crippen LogP contribution in [0.2, 0.25) is 0 Å². The Morgan fingerprint density at radius 3 is 2.96 bits per heavy atom. The molecule has 23 heavy (non-hydrogen) atoms. The average molecular weight is 308 g/mol. The Labute approximate surface area is 135 Å². The summed E-state index contributed by atoms with van der Waals surface area (Å²) in [5.74, 6) is 0.542. The molecule has 1 saturated heterocycles. The third kappa shape index (κ3) is 3.03. The van der Waals surface area contributed by atoms with E-state index < -0.39 is 0 Å².